The van der Waals surface area contributed by atoms with E-state index in [-0.39, 0.29) is 11.3 Å². The summed E-state index contributed by atoms with van der Waals surface area (Å²) in [4.78, 5) is 14.7. The molecule has 2 aliphatic rings. The molecule has 7 aromatic rings. The zero-order chi connectivity index (χ0) is 35.9. The van der Waals surface area contributed by atoms with E-state index < -0.39 is 0 Å². The lowest BCUT2D eigenvalue weighted by Crippen LogP contribution is -2.30. The van der Waals surface area contributed by atoms with Crippen LogP contribution in [0.4, 0.5) is 28.4 Å². The number of aromatic nitrogens is 2. The minimum Gasteiger partial charge on any atom is -0.311 e. The largest absolute Gasteiger partial charge is 0.311 e. The maximum absolute atomic E-state index is 9.63. The Kier molecular flexibility index (Phi) is 7.94. The van der Waals surface area contributed by atoms with Crippen molar-refractivity contribution in [3.8, 4) is 17.5 Å². The van der Waals surface area contributed by atoms with Crippen LogP contribution < -0.4 is 9.80 Å². The van der Waals surface area contributed by atoms with Gasteiger partial charge in [0.05, 0.1) is 34.2 Å². The monoisotopic (exact) mass is 683 g/mol. The zero-order valence-corrected chi connectivity index (χ0v) is 29.7. The van der Waals surface area contributed by atoms with Gasteiger partial charge in [-0.1, -0.05) is 111 Å². The summed E-state index contributed by atoms with van der Waals surface area (Å²) in [5.41, 5.74) is 12.6. The lowest BCUT2D eigenvalue weighted by molar-refractivity contribution is 0.632. The summed E-state index contributed by atoms with van der Waals surface area (Å²) < 4.78 is 0. The fourth-order valence-electron chi connectivity index (χ4n) is 7.92. The molecule has 0 saturated carbocycles. The van der Waals surface area contributed by atoms with Crippen LogP contribution in [0, 0.1) is 11.3 Å². The van der Waals surface area contributed by atoms with E-state index in [0.717, 1.165) is 51.3 Å². The van der Waals surface area contributed by atoms with Gasteiger partial charge >= 0.3 is 0 Å². The molecule has 0 radical (unpaired) electrons. The molecule has 0 saturated heterocycles. The van der Waals surface area contributed by atoms with E-state index in [1.807, 2.05) is 48.5 Å². The predicted molar refractivity (Wildman–Crippen MR) is 216 cm³/mol. The van der Waals surface area contributed by atoms with E-state index >= 15 is 0 Å². The summed E-state index contributed by atoms with van der Waals surface area (Å²) in [5, 5.41) is 10.6. The summed E-state index contributed by atoms with van der Waals surface area (Å²) in [7, 11) is 0. The Balaban J connectivity index is 1.08. The SMILES string of the molecule is CC1(C)c2ccccc2N(c2ccc(N(C3=CCC(c4nc(-c5ccccc5)nc5cc(C#N)ccc45)C=C3)c3ccccc3)cc2)c2ccccc21. The van der Waals surface area contributed by atoms with Gasteiger partial charge < -0.3 is 9.80 Å². The molecule has 6 aromatic carbocycles. The number of anilines is 5. The summed E-state index contributed by atoms with van der Waals surface area (Å²) in [6.07, 6.45) is 7.56. The van der Waals surface area contributed by atoms with Gasteiger partial charge in [-0.2, -0.15) is 5.26 Å². The molecule has 0 N–H and O–H groups in total. The molecule has 0 bridgehead atoms. The van der Waals surface area contributed by atoms with Gasteiger partial charge in [0.25, 0.3) is 0 Å². The minimum absolute atomic E-state index is 0.0446. The Hall–Kier alpha value is -6.77. The van der Waals surface area contributed by atoms with Gasteiger partial charge in [0.2, 0.25) is 0 Å². The Morgan fingerprint density at radius 1 is 0.698 bits per heavy atom. The fraction of sp³-hybridized carbons (Fsp3) is 0.104. The highest BCUT2D eigenvalue weighted by atomic mass is 15.2. The number of hydrogen-bond acceptors (Lipinski definition) is 5. The third-order valence-electron chi connectivity index (χ3n) is 10.6. The second-order valence-corrected chi connectivity index (χ2v) is 14.2. The molecule has 1 atom stereocenters. The number of para-hydroxylation sites is 3. The molecule has 2 heterocycles. The average molecular weight is 684 g/mol. The third-order valence-corrected chi connectivity index (χ3v) is 10.6. The first-order chi connectivity index (χ1) is 26.0. The van der Waals surface area contributed by atoms with Crippen molar-refractivity contribution in [1.82, 2.24) is 9.97 Å². The van der Waals surface area contributed by atoms with Crippen LogP contribution in [0.3, 0.4) is 0 Å². The zero-order valence-electron chi connectivity index (χ0n) is 29.7. The van der Waals surface area contributed by atoms with Crippen molar-refractivity contribution in [2.75, 3.05) is 9.80 Å². The third kappa shape index (κ3) is 5.66. The second kappa shape index (κ2) is 13.1. The van der Waals surface area contributed by atoms with Gasteiger partial charge in [0.1, 0.15) is 0 Å². The molecule has 0 spiro atoms. The predicted octanol–water partition coefficient (Wildman–Crippen LogP) is 12.0. The molecule has 1 aliphatic heterocycles. The maximum Gasteiger partial charge on any atom is 0.160 e. The molecule has 5 nitrogen and oxygen atoms in total. The van der Waals surface area contributed by atoms with Crippen LogP contribution in [0.15, 0.2) is 176 Å². The highest BCUT2D eigenvalue weighted by Crippen LogP contribution is 2.52. The molecular weight excluding hydrogens is 647 g/mol. The first kappa shape index (κ1) is 32.2. The number of benzene rings is 6. The minimum atomic E-state index is -0.105. The van der Waals surface area contributed by atoms with Crippen molar-refractivity contribution in [1.29, 1.82) is 5.26 Å². The standard InChI is InChI=1S/C48H37N5/c1-48(2)41-17-9-11-19-44(41)53(45-20-12-10-18-42(45)48)39-28-26-38(27-29-39)52(36-15-7-4-8-16-36)37-24-22-34(23-25-37)46-40-30-21-33(32-49)31-43(40)50-47(51-46)35-13-5-3-6-14-35/h3-22,24-31,34H,23H2,1-2H3. The van der Waals surface area contributed by atoms with Gasteiger partial charge in [-0.15, -0.1) is 0 Å². The number of nitriles is 1. The first-order valence-corrected chi connectivity index (χ1v) is 18.1. The van der Waals surface area contributed by atoms with Crippen LogP contribution >= 0.6 is 0 Å². The molecule has 9 rings (SSSR count). The second-order valence-electron chi connectivity index (χ2n) is 14.2. The molecule has 1 aliphatic carbocycles. The Bertz CT molecular complexity index is 2530. The van der Waals surface area contributed by atoms with Crippen molar-refractivity contribution in [2.24, 2.45) is 0 Å². The van der Waals surface area contributed by atoms with Crippen LogP contribution in [-0.4, -0.2) is 9.97 Å². The molecule has 0 amide bonds. The molecule has 53 heavy (non-hydrogen) atoms. The number of hydrogen-bond donors (Lipinski definition) is 0. The van der Waals surface area contributed by atoms with Crippen molar-refractivity contribution < 1.29 is 0 Å². The molecule has 5 heteroatoms. The van der Waals surface area contributed by atoms with E-state index in [9.17, 15) is 5.26 Å². The van der Waals surface area contributed by atoms with Crippen molar-refractivity contribution >= 4 is 39.3 Å². The number of fused-ring (bicyclic) bond motifs is 3. The van der Waals surface area contributed by atoms with Crippen LogP contribution in [-0.2, 0) is 5.41 Å². The topological polar surface area (TPSA) is 56.1 Å². The van der Waals surface area contributed by atoms with Gasteiger partial charge in [-0.25, -0.2) is 9.97 Å². The van der Waals surface area contributed by atoms with Gasteiger partial charge in [0.15, 0.2) is 5.82 Å². The quantitative estimate of drug-likeness (QED) is 0.175. The lowest BCUT2D eigenvalue weighted by atomic mass is 9.73. The Morgan fingerprint density at radius 3 is 1.96 bits per heavy atom. The average Bonchev–Trinajstić information content (AvgIpc) is 3.22. The number of allylic oxidation sites excluding steroid dienone is 3. The fourth-order valence-corrected chi connectivity index (χ4v) is 7.92. The molecule has 0 fully saturated rings. The summed E-state index contributed by atoms with van der Waals surface area (Å²) in [5.74, 6) is 0.711. The maximum atomic E-state index is 9.63. The van der Waals surface area contributed by atoms with Gasteiger partial charge in [-0.3, -0.25) is 0 Å². The highest BCUT2D eigenvalue weighted by Gasteiger charge is 2.36. The number of nitrogens with zero attached hydrogens (tertiary/aromatic N) is 5. The van der Waals surface area contributed by atoms with E-state index in [2.05, 4.69) is 151 Å². The van der Waals surface area contributed by atoms with Crippen LogP contribution in [0.1, 0.15) is 48.6 Å². The Morgan fingerprint density at radius 2 is 1.32 bits per heavy atom. The van der Waals surface area contributed by atoms with Gasteiger partial charge in [0, 0.05) is 45.0 Å². The molecule has 1 aromatic heterocycles. The normalized spacial score (nSPS) is 15.6. The van der Waals surface area contributed by atoms with Crippen molar-refractivity contribution in [3.05, 3.63) is 198 Å². The molecular formula is C48H37N5. The number of rotatable bonds is 6. The molecule has 1 unspecified atom stereocenters. The van der Waals surface area contributed by atoms with Crippen molar-refractivity contribution in [3.63, 3.8) is 0 Å². The summed E-state index contributed by atoms with van der Waals surface area (Å²) in [6, 6.07) is 55.0. The van der Waals surface area contributed by atoms with Crippen molar-refractivity contribution in [2.45, 2.75) is 31.6 Å². The summed E-state index contributed by atoms with van der Waals surface area (Å²) in [6.45, 7) is 4.64. The van der Waals surface area contributed by atoms with Gasteiger partial charge in [-0.05, 0) is 90.4 Å². The lowest BCUT2D eigenvalue weighted by Gasteiger charge is -2.42. The smallest absolute Gasteiger partial charge is 0.160 e. The summed E-state index contributed by atoms with van der Waals surface area (Å²) >= 11 is 0. The first-order valence-electron chi connectivity index (χ1n) is 18.1. The Labute approximate surface area is 310 Å². The van der Waals surface area contributed by atoms with Crippen LogP contribution in [0.25, 0.3) is 22.3 Å². The van der Waals surface area contributed by atoms with E-state index in [0.29, 0.717) is 11.4 Å². The van der Waals surface area contributed by atoms with Crippen LogP contribution in [0.5, 0.6) is 0 Å². The highest BCUT2D eigenvalue weighted by molar-refractivity contribution is 5.87. The van der Waals surface area contributed by atoms with E-state index in [1.54, 1.807) is 0 Å². The van der Waals surface area contributed by atoms with E-state index in [4.69, 9.17) is 9.97 Å². The molecule has 254 valence electrons. The van der Waals surface area contributed by atoms with E-state index in [1.165, 1.54) is 22.5 Å². The van der Waals surface area contributed by atoms with Crippen LogP contribution in [0.2, 0.25) is 0 Å².